The van der Waals surface area contributed by atoms with Gasteiger partial charge in [0.2, 0.25) is 0 Å². The second-order valence-corrected chi connectivity index (χ2v) is 4.83. The lowest BCUT2D eigenvalue weighted by atomic mass is 9.86. The zero-order valence-corrected chi connectivity index (χ0v) is 9.55. The largest absolute Gasteiger partial charge is 0.0805 e. The summed E-state index contributed by atoms with van der Waals surface area (Å²) in [6.45, 7) is 4.25. The number of allylic oxidation sites excluding steroid dienone is 4. The highest BCUT2D eigenvalue weighted by Crippen LogP contribution is 2.52. The second kappa shape index (κ2) is 4.33. The van der Waals surface area contributed by atoms with Crippen LogP contribution in [0.1, 0.15) is 52.4 Å². The number of fused-ring (bicyclic) bond motifs is 2. The minimum absolute atomic E-state index is 0.965. The molecule has 78 valence electrons. The van der Waals surface area contributed by atoms with Crippen molar-refractivity contribution in [2.24, 2.45) is 11.8 Å². The van der Waals surface area contributed by atoms with E-state index >= 15 is 0 Å². The molecule has 0 bridgehead atoms. The lowest BCUT2D eigenvalue weighted by Crippen LogP contribution is -2.03. The molecule has 0 N–H and O–H groups in total. The minimum Gasteiger partial charge on any atom is -0.0805 e. The summed E-state index contributed by atoms with van der Waals surface area (Å²) >= 11 is 0. The molecule has 0 heteroatoms. The molecule has 0 aliphatic heterocycles. The van der Waals surface area contributed by atoms with Crippen molar-refractivity contribution in [3.05, 3.63) is 23.3 Å². The average molecular weight is 190 g/mol. The fourth-order valence-corrected chi connectivity index (χ4v) is 2.63. The van der Waals surface area contributed by atoms with Crippen molar-refractivity contribution < 1.29 is 0 Å². The van der Waals surface area contributed by atoms with Gasteiger partial charge in [-0.05, 0) is 49.5 Å². The van der Waals surface area contributed by atoms with Gasteiger partial charge in [-0.3, -0.25) is 0 Å². The summed E-state index contributed by atoms with van der Waals surface area (Å²) in [5, 5.41) is 0. The maximum absolute atomic E-state index is 2.44. The molecule has 0 saturated heterocycles. The van der Waals surface area contributed by atoms with Gasteiger partial charge in [0.25, 0.3) is 0 Å². The summed E-state index contributed by atoms with van der Waals surface area (Å²) in [5.74, 6) is 1.97. The van der Waals surface area contributed by atoms with Crippen LogP contribution in [0.4, 0.5) is 0 Å². The Bertz CT molecular complexity index is 257. The molecule has 0 amide bonds. The van der Waals surface area contributed by atoms with E-state index in [-0.39, 0.29) is 0 Å². The molecule has 0 nitrogen and oxygen atoms in total. The summed E-state index contributed by atoms with van der Waals surface area (Å²) in [5.41, 5.74) is 3.54. The first-order valence-corrected chi connectivity index (χ1v) is 6.27. The Morgan fingerprint density at radius 1 is 1.21 bits per heavy atom. The van der Waals surface area contributed by atoms with Gasteiger partial charge in [-0.15, -0.1) is 0 Å². The van der Waals surface area contributed by atoms with Gasteiger partial charge in [0.1, 0.15) is 0 Å². The van der Waals surface area contributed by atoms with Crippen LogP contribution in [0.15, 0.2) is 23.3 Å². The van der Waals surface area contributed by atoms with Gasteiger partial charge in [-0.25, -0.2) is 0 Å². The van der Waals surface area contributed by atoms with Crippen molar-refractivity contribution in [3.8, 4) is 0 Å². The van der Waals surface area contributed by atoms with Crippen molar-refractivity contribution in [1.82, 2.24) is 0 Å². The monoisotopic (exact) mass is 190 g/mol. The quantitative estimate of drug-likeness (QED) is 0.528. The molecule has 1 fully saturated rings. The van der Waals surface area contributed by atoms with Crippen LogP contribution in [0.5, 0.6) is 0 Å². The van der Waals surface area contributed by atoms with Crippen LogP contribution < -0.4 is 0 Å². The topological polar surface area (TPSA) is 0 Å². The molecule has 2 atom stereocenters. The average Bonchev–Trinajstić information content (AvgIpc) is 2.98. The zero-order valence-electron chi connectivity index (χ0n) is 9.55. The van der Waals surface area contributed by atoms with Gasteiger partial charge >= 0.3 is 0 Å². The normalized spacial score (nSPS) is 32.7. The van der Waals surface area contributed by atoms with E-state index < -0.39 is 0 Å². The summed E-state index contributed by atoms with van der Waals surface area (Å²) in [6, 6.07) is 0. The fraction of sp³-hybridized carbons (Fsp3) is 0.714. The van der Waals surface area contributed by atoms with Crippen molar-refractivity contribution in [3.63, 3.8) is 0 Å². The molecule has 0 aromatic heterocycles. The van der Waals surface area contributed by atoms with E-state index in [0.29, 0.717) is 0 Å². The van der Waals surface area contributed by atoms with Gasteiger partial charge in [-0.2, -0.15) is 0 Å². The van der Waals surface area contributed by atoms with E-state index in [2.05, 4.69) is 26.0 Å². The molecule has 0 spiro atoms. The Morgan fingerprint density at radius 3 is 2.71 bits per heavy atom. The molecular formula is C14H22. The third-order valence-corrected chi connectivity index (χ3v) is 3.39. The Kier molecular flexibility index (Phi) is 3.10. The second-order valence-electron chi connectivity index (χ2n) is 4.83. The standard InChI is InChI=1S/C11H14.C3H8/c1-2-4-10-8(3-1)5-6-9-7-11(9)10;1-3-2/h5-6,9,11H,1-4,7H2;3H2,1-2H3. The van der Waals surface area contributed by atoms with Crippen LogP contribution in [0.3, 0.4) is 0 Å². The molecular weight excluding hydrogens is 168 g/mol. The van der Waals surface area contributed by atoms with E-state index in [0.717, 1.165) is 11.8 Å². The maximum atomic E-state index is 2.44. The first kappa shape index (κ1) is 10.0. The minimum atomic E-state index is 0.965. The predicted octanol–water partition coefficient (Wildman–Crippen LogP) is 4.48. The molecule has 3 aliphatic rings. The smallest absolute Gasteiger partial charge is 0.0128 e. The maximum Gasteiger partial charge on any atom is -0.0128 e. The van der Waals surface area contributed by atoms with E-state index in [1.165, 1.54) is 38.5 Å². The molecule has 3 rings (SSSR count). The summed E-state index contributed by atoms with van der Waals surface area (Å²) in [7, 11) is 0. The van der Waals surface area contributed by atoms with Crippen LogP contribution in [0.2, 0.25) is 0 Å². The number of rotatable bonds is 0. The Morgan fingerprint density at radius 2 is 1.93 bits per heavy atom. The van der Waals surface area contributed by atoms with E-state index in [1.54, 1.807) is 5.57 Å². The van der Waals surface area contributed by atoms with Crippen molar-refractivity contribution in [2.45, 2.75) is 52.4 Å². The highest BCUT2D eigenvalue weighted by Gasteiger charge is 2.40. The van der Waals surface area contributed by atoms with Crippen LogP contribution in [0, 0.1) is 11.8 Å². The van der Waals surface area contributed by atoms with Crippen molar-refractivity contribution in [1.29, 1.82) is 0 Å². The molecule has 1 saturated carbocycles. The van der Waals surface area contributed by atoms with Crippen molar-refractivity contribution in [2.75, 3.05) is 0 Å². The van der Waals surface area contributed by atoms with Crippen LogP contribution in [-0.2, 0) is 0 Å². The summed E-state index contributed by atoms with van der Waals surface area (Å²) in [6.07, 6.45) is 13.2. The van der Waals surface area contributed by atoms with Crippen LogP contribution in [0.25, 0.3) is 0 Å². The molecule has 0 aromatic carbocycles. The Balaban J connectivity index is 0.000000226. The first-order valence-electron chi connectivity index (χ1n) is 6.27. The zero-order chi connectivity index (χ0) is 9.97. The van der Waals surface area contributed by atoms with Gasteiger partial charge in [0.15, 0.2) is 0 Å². The predicted molar refractivity (Wildman–Crippen MR) is 62.2 cm³/mol. The van der Waals surface area contributed by atoms with Crippen LogP contribution in [-0.4, -0.2) is 0 Å². The SMILES string of the molecule is C1=CC2CC2C2=C1CCCC2.CCC. The molecule has 3 aliphatic carbocycles. The van der Waals surface area contributed by atoms with Gasteiger partial charge in [0.05, 0.1) is 0 Å². The van der Waals surface area contributed by atoms with Crippen molar-refractivity contribution >= 4 is 0 Å². The lowest BCUT2D eigenvalue weighted by molar-refractivity contribution is 0.637. The fourth-order valence-electron chi connectivity index (χ4n) is 2.63. The Hall–Kier alpha value is -0.520. The molecule has 0 aromatic rings. The van der Waals surface area contributed by atoms with Gasteiger partial charge in [0, 0.05) is 0 Å². The summed E-state index contributed by atoms with van der Waals surface area (Å²) < 4.78 is 0. The van der Waals surface area contributed by atoms with E-state index in [4.69, 9.17) is 0 Å². The third kappa shape index (κ3) is 1.94. The highest BCUT2D eigenvalue weighted by atomic mass is 14.4. The van der Waals surface area contributed by atoms with E-state index in [9.17, 15) is 0 Å². The highest BCUT2D eigenvalue weighted by molar-refractivity contribution is 5.38. The summed E-state index contributed by atoms with van der Waals surface area (Å²) in [4.78, 5) is 0. The molecule has 0 heterocycles. The Labute approximate surface area is 88.1 Å². The third-order valence-electron chi connectivity index (χ3n) is 3.39. The molecule has 2 unspecified atom stereocenters. The first-order chi connectivity index (χ1) is 6.86. The number of hydrogen-bond donors (Lipinski definition) is 0. The molecule has 0 radical (unpaired) electrons. The molecule has 14 heavy (non-hydrogen) atoms. The van der Waals surface area contributed by atoms with E-state index in [1.807, 2.05) is 5.57 Å². The number of hydrogen-bond acceptors (Lipinski definition) is 0. The van der Waals surface area contributed by atoms with Gasteiger partial charge < -0.3 is 0 Å². The van der Waals surface area contributed by atoms with Gasteiger partial charge in [-0.1, -0.05) is 38.0 Å². The van der Waals surface area contributed by atoms with Crippen LogP contribution >= 0.6 is 0 Å². The lowest BCUT2D eigenvalue weighted by Gasteiger charge is -2.20.